The lowest BCUT2D eigenvalue weighted by Gasteiger charge is -2.37. The molecule has 2 aliphatic rings. The molecule has 5 heteroatoms. The monoisotopic (exact) mass is 280 g/mol. The minimum Gasteiger partial charge on any atom is -0.494 e. The first-order chi connectivity index (χ1) is 9.70. The zero-order chi connectivity index (χ0) is 14.1. The number of halogens is 1. The Bertz CT molecular complexity index is 483. The predicted octanol–water partition coefficient (Wildman–Crippen LogP) is 1.70. The highest BCUT2D eigenvalue weighted by Crippen LogP contribution is 2.30. The Hall–Kier alpha value is -1.17. The molecule has 4 nitrogen and oxygen atoms in total. The van der Waals surface area contributed by atoms with E-state index in [9.17, 15) is 4.39 Å². The summed E-state index contributed by atoms with van der Waals surface area (Å²) >= 11 is 0. The molecule has 0 bridgehead atoms. The highest BCUT2D eigenvalue weighted by molar-refractivity contribution is 5.33. The third kappa shape index (κ3) is 2.41. The van der Waals surface area contributed by atoms with Gasteiger partial charge in [0.1, 0.15) is 0 Å². The molecular weight excluding hydrogens is 259 g/mol. The van der Waals surface area contributed by atoms with E-state index in [1.807, 2.05) is 0 Å². The molecule has 2 fully saturated rings. The SMILES string of the molecule is COc1cccc(C(N)C2CN3CCCC3CO2)c1F. The van der Waals surface area contributed by atoms with Gasteiger partial charge in [-0.25, -0.2) is 4.39 Å². The molecule has 0 saturated carbocycles. The maximum absolute atomic E-state index is 14.3. The van der Waals surface area contributed by atoms with Crippen LogP contribution >= 0.6 is 0 Å². The van der Waals surface area contributed by atoms with Crippen LogP contribution in [0.3, 0.4) is 0 Å². The van der Waals surface area contributed by atoms with Crippen LogP contribution in [-0.2, 0) is 4.74 Å². The van der Waals surface area contributed by atoms with Crippen LogP contribution in [0, 0.1) is 5.82 Å². The van der Waals surface area contributed by atoms with E-state index in [4.69, 9.17) is 15.2 Å². The number of hydrogen-bond acceptors (Lipinski definition) is 4. The van der Waals surface area contributed by atoms with Crippen molar-refractivity contribution in [3.05, 3.63) is 29.6 Å². The largest absolute Gasteiger partial charge is 0.494 e. The summed E-state index contributed by atoms with van der Waals surface area (Å²) in [5.74, 6) is -0.151. The number of fused-ring (bicyclic) bond motifs is 1. The number of hydrogen-bond donors (Lipinski definition) is 1. The number of nitrogens with zero attached hydrogens (tertiary/aromatic N) is 1. The van der Waals surface area contributed by atoms with Crippen molar-refractivity contribution in [2.75, 3.05) is 26.8 Å². The molecule has 1 aromatic carbocycles. The summed E-state index contributed by atoms with van der Waals surface area (Å²) < 4.78 is 25.1. The van der Waals surface area contributed by atoms with Crippen molar-refractivity contribution in [2.45, 2.75) is 31.0 Å². The fourth-order valence-electron chi connectivity index (χ4n) is 3.20. The first kappa shape index (κ1) is 13.8. The van der Waals surface area contributed by atoms with Crippen molar-refractivity contribution in [2.24, 2.45) is 5.73 Å². The van der Waals surface area contributed by atoms with Crippen LogP contribution in [0.1, 0.15) is 24.4 Å². The van der Waals surface area contributed by atoms with E-state index in [2.05, 4.69) is 4.90 Å². The minimum absolute atomic E-state index is 0.161. The Morgan fingerprint density at radius 1 is 1.50 bits per heavy atom. The van der Waals surface area contributed by atoms with E-state index in [1.165, 1.54) is 20.0 Å². The minimum atomic E-state index is -0.466. The highest BCUT2D eigenvalue weighted by Gasteiger charge is 2.36. The van der Waals surface area contributed by atoms with Crippen LogP contribution in [0.4, 0.5) is 4.39 Å². The van der Waals surface area contributed by atoms with Gasteiger partial charge in [0.05, 0.1) is 25.9 Å². The van der Waals surface area contributed by atoms with Crippen molar-refractivity contribution in [3.63, 3.8) is 0 Å². The average molecular weight is 280 g/mol. The number of ether oxygens (including phenoxy) is 2. The molecule has 2 aliphatic heterocycles. The van der Waals surface area contributed by atoms with Crippen LogP contribution in [0.25, 0.3) is 0 Å². The molecule has 0 aliphatic carbocycles. The Kier molecular flexibility index (Phi) is 3.92. The average Bonchev–Trinajstić information content (AvgIpc) is 2.94. The normalized spacial score (nSPS) is 28.1. The number of nitrogens with two attached hydrogens (primary N) is 1. The maximum atomic E-state index is 14.3. The van der Waals surface area contributed by atoms with E-state index >= 15 is 0 Å². The van der Waals surface area contributed by atoms with Gasteiger partial charge in [0.2, 0.25) is 0 Å². The van der Waals surface area contributed by atoms with Crippen molar-refractivity contribution in [1.82, 2.24) is 4.90 Å². The molecule has 2 N–H and O–H groups in total. The van der Waals surface area contributed by atoms with E-state index in [0.717, 1.165) is 13.1 Å². The molecule has 20 heavy (non-hydrogen) atoms. The lowest BCUT2D eigenvalue weighted by atomic mass is 9.99. The Morgan fingerprint density at radius 2 is 2.35 bits per heavy atom. The van der Waals surface area contributed by atoms with Gasteiger partial charge in [-0.1, -0.05) is 12.1 Å². The molecule has 3 rings (SSSR count). The van der Waals surface area contributed by atoms with E-state index in [0.29, 0.717) is 18.2 Å². The van der Waals surface area contributed by atoms with Gasteiger partial charge < -0.3 is 15.2 Å². The Morgan fingerprint density at radius 3 is 3.15 bits per heavy atom. The van der Waals surface area contributed by atoms with E-state index in [-0.39, 0.29) is 17.7 Å². The molecule has 3 atom stereocenters. The molecule has 1 aromatic rings. The summed E-state index contributed by atoms with van der Waals surface area (Å²) in [6, 6.07) is 5.13. The lowest BCUT2D eigenvalue weighted by molar-refractivity contribution is -0.0601. The second-order valence-electron chi connectivity index (χ2n) is 5.55. The van der Waals surface area contributed by atoms with Crippen molar-refractivity contribution in [3.8, 4) is 5.75 Å². The summed E-state index contributed by atoms with van der Waals surface area (Å²) in [7, 11) is 1.46. The Balaban J connectivity index is 1.77. The second-order valence-corrected chi connectivity index (χ2v) is 5.55. The van der Waals surface area contributed by atoms with E-state index < -0.39 is 6.04 Å². The fraction of sp³-hybridized carbons (Fsp3) is 0.600. The van der Waals surface area contributed by atoms with Crippen molar-refractivity contribution >= 4 is 0 Å². The number of morpholine rings is 1. The van der Waals surface area contributed by atoms with Crippen LogP contribution in [0.2, 0.25) is 0 Å². The zero-order valence-corrected chi connectivity index (χ0v) is 11.7. The molecule has 0 amide bonds. The quantitative estimate of drug-likeness (QED) is 0.915. The molecule has 110 valence electrons. The molecule has 0 spiro atoms. The van der Waals surface area contributed by atoms with Gasteiger partial charge in [0, 0.05) is 18.2 Å². The first-order valence-corrected chi connectivity index (χ1v) is 7.14. The van der Waals surface area contributed by atoms with Crippen LogP contribution in [0.5, 0.6) is 5.75 Å². The zero-order valence-electron chi connectivity index (χ0n) is 11.7. The smallest absolute Gasteiger partial charge is 0.169 e. The van der Waals surface area contributed by atoms with Gasteiger partial charge >= 0.3 is 0 Å². The van der Waals surface area contributed by atoms with Gasteiger partial charge in [-0.2, -0.15) is 0 Å². The molecule has 2 heterocycles. The third-order valence-corrected chi connectivity index (χ3v) is 4.39. The Labute approximate surface area is 118 Å². The second kappa shape index (κ2) is 5.68. The molecular formula is C15H21FN2O2. The topological polar surface area (TPSA) is 47.7 Å². The van der Waals surface area contributed by atoms with Crippen LogP contribution in [0.15, 0.2) is 18.2 Å². The van der Waals surface area contributed by atoms with Gasteiger partial charge in [-0.15, -0.1) is 0 Å². The van der Waals surface area contributed by atoms with Gasteiger partial charge in [0.15, 0.2) is 11.6 Å². The van der Waals surface area contributed by atoms with Crippen molar-refractivity contribution < 1.29 is 13.9 Å². The summed E-state index contributed by atoms with van der Waals surface area (Å²) in [6.45, 7) is 2.57. The molecule has 0 aromatic heterocycles. The highest BCUT2D eigenvalue weighted by atomic mass is 19.1. The first-order valence-electron chi connectivity index (χ1n) is 7.14. The summed E-state index contributed by atoms with van der Waals surface area (Å²) in [5, 5.41) is 0. The summed E-state index contributed by atoms with van der Waals surface area (Å²) in [6.07, 6.45) is 2.24. The van der Waals surface area contributed by atoms with Gasteiger partial charge in [-0.05, 0) is 25.5 Å². The maximum Gasteiger partial charge on any atom is 0.169 e. The third-order valence-electron chi connectivity index (χ3n) is 4.39. The van der Waals surface area contributed by atoms with Crippen molar-refractivity contribution in [1.29, 1.82) is 0 Å². The predicted molar refractivity (Wildman–Crippen MR) is 74.2 cm³/mol. The molecule has 2 saturated heterocycles. The fourth-order valence-corrected chi connectivity index (χ4v) is 3.20. The van der Waals surface area contributed by atoms with Gasteiger partial charge in [-0.3, -0.25) is 4.90 Å². The number of benzene rings is 1. The van der Waals surface area contributed by atoms with E-state index in [1.54, 1.807) is 18.2 Å². The number of methoxy groups -OCH3 is 1. The van der Waals surface area contributed by atoms with Crippen LogP contribution in [-0.4, -0.2) is 43.9 Å². The summed E-state index contributed by atoms with van der Waals surface area (Å²) in [4.78, 5) is 2.41. The number of rotatable bonds is 3. The van der Waals surface area contributed by atoms with Gasteiger partial charge in [0.25, 0.3) is 0 Å². The molecule has 3 unspecified atom stereocenters. The standard InChI is InChI=1S/C15H21FN2O2/c1-19-12-6-2-5-11(14(12)16)15(17)13-8-18-7-3-4-10(18)9-20-13/h2,5-6,10,13,15H,3-4,7-9,17H2,1H3. The van der Waals surface area contributed by atoms with Crippen LogP contribution < -0.4 is 10.5 Å². The summed E-state index contributed by atoms with van der Waals surface area (Å²) in [5.41, 5.74) is 6.69. The molecule has 0 radical (unpaired) electrons. The lowest BCUT2D eigenvalue weighted by Crippen LogP contribution is -2.49.